The number of nitrogens with one attached hydrogen (secondary N) is 1. The van der Waals surface area contributed by atoms with Crippen LogP contribution >= 0.6 is 0 Å². The molecule has 0 aliphatic heterocycles. The van der Waals surface area contributed by atoms with Crippen molar-refractivity contribution >= 4 is 11.7 Å². The van der Waals surface area contributed by atoms with Crippen LogP contribution in [0, 0.1) is 10.1 Å². The van der Waals surface area contributed by atoms with Crippen molar-refractivity contribution in [3.8, 4) is 0 Å². The number of pyridine rings is 1. The predicted octanol–water partition coefficient (Wildman–Crippen LogP) is 1.86. The summed E-state index contributed by atoms with van der Waals surface area (Å²) in [5, 5.41) is 13.9. The monoisotopic (exact) mass is 315 g/mol. The summed E-state index contributed by atoms with van der Waals surface area (Å²) < 4.78 is 4.80. The molecule has 7 nitrogen and oxygen atoms in total. The lowest BCUT2D eigenvalue weighted by atomic mass is 10.1. The molecule has 0 unspecified atom stereocenters. The van der Waals surface area contributed by atoms with Crippen molar-refractivity contribution in [3.05, 3.63) is 70.0 Å². The number of nitro groups is 1. The van der Waals surface area contributed by atoms with Crippen LogP contribution in [0.4, 0.5) is 5.69 Å². The molecule has 2 rings (SSSR count). The van der Waals surface area contributed by atoms with E-state index in [0.717, 1.165) is 5.69 Å². The number of ether oxygens (including phenoxy) is 1. The molecular weight excluding hydrogens is 298 g/mol. The molecule has 0 aliphatic carbocycles. The summed E-state index contributed by atoms with van der Waals surface area (Å²) in [6.45, 7) is 0.314. The lowest BCUT2D eigenvalue weighted by Gasteiger charge is -2.16. The first-order valence-corrected chi connectivity index (χ1v) is 7.04. The minimum Gasteiger partial charge on any atom is -0.468 e. The Morgan fingerprint density at radius 2 is 2.17 bits per heavy atom. The van der Waals surface area contributed by atoms with E-state index in [2.05, 4.69) is 10.3 Å². The molecule has 0 aliphatic rings. The van der Waals surface area contributed by atoms with Gasteiger partial charge in [0.25, 0.3) is 5.69 Å². The van der Waals surface area contributed by atoms with E-state index in [-0.39, 0.29) is 5.69 Å². The highest BCUT2D eigenvalue weighted by Crippen LogP contribution is 2.13. The molecule has 1 aromatic heterocycles. The van der Waals surface area contributed by atoms with Gasteiger partial charge in [-0.2, -0.15) is 0 Å². The number of nitro benzene ring substituents is 1. The molecule has 0 spiro atoms. The Kier molecular flexibility index (Phi) is 5.76. The lowest BCUT2D eigenvalue weighted by molar-refractivity contribution is -0.384. The van der Waals surface area contributed by atoms with E-state index < -0.39 is 16.9 Å². The van der Waals surface area contributed by atoms with Crippen molar-refractivity contribution in [3.63, 3.8) is 0 Å². The highest BCUT2D eigenvalue weighted by Gasteiger charge is 2.20. The number of hydrogen-bond acceptors (Lipinski definition) is 6. The number of carbonyl (C=O) groups excluding carboxylic acids is 1. The Labute approximate surface area is 133 Å². The van der Waals surface area contributed by atoms with Crippen LogP contribution in [0.15, 0.2) is 48.7 Å². The van der Waals surface area contributed by atoms with Gasteiger partial charge in [-0.15, -0.1) is 0 Å². The Morgan fingerprint density at radius 3 is 2.83 bits per heavy atom. The molecule has 0 amide bonds. The van der Waals surface area contributed by atoms with Crippen molar-refractivity contribution in [2.45, 2.75) is 19.0 Å². The Morgan fingerprint density at radius 1 is 1.35 bits per heavy atom. The van der Waals surface area contributed by atoms with E-state index in [1.54, 1.807) is 24.4 Å². The number of non-ortho nitro benzene ring substituents is 1. The van der Waals surface area contributed by atoms with Crippen molar-refractivity contribution in [2.24, 2.45) is 0 Å². The van der Waals surface area contributed by atoms with Crippen LogP contribution in [0.3, 0.4) is 0 Å². The van der Waals surface area contributed by atoms with E-state index in [9.17, 15) is 14.9 Å². The van der Waals surface area contributed by atoms with Crippen molar-refractivity contribution in [2.75, 3.05) is 7.11 Å². The standard InChI is InChI=1S/C16H17N3O4/c1-23-16(20)15(10-13-6-2-3-8-17-13)18-11-12-5-4-7-14(9-12)19(21)22/h2-9,15,18H,10-11H2,1H3/t15-/m1/s1. The molecule has 0 fully saturated rings. The van der Waals surface area contributed by atoms with Gasteiger partial charge in [0.15, 0.2) is 0 Å². The van der Waals surface area contributed by atoms with Crippen molar-refractivity contribution in [1.29, 1.82) is 0 Å². The van der Waals surface area contributed by atoms with Crippen LogP contribution in [0.25, 0.3) is 0 Å². The first-order valence-electron chi connectivity index (χ1n) is 7.04. The highest BCUT2D eigenvalue weighted by atomic mass is 16.6. The van der Waals surface area contributed by atoms with Crippen LogP contribution in [0.5, 0.6) is 0 Å². The van der Waals surface area contributed by atoms with Gasteiger partial charge >= 0.3 is 5.97 Å². The number of methoxy groups -OCH3 is 1. The van der Waals surface area contributed by atoms with E-state index >= 15 is 0 Å². The quantitative estimate of drug-likeness (QED) is 0.476. The molecule has 7 heteroatoms. The number of rotatable bonds is 7. The molecule has 0 radical (unpaired) electrons. The Bertz CT molecular complexity index is 676. The van der Waals surface area contributed by atoms with Crippen LogP contribution < -0.4 is 5.32 Å². The topological polar surface area (TPSA) is 94.4 Å². The maximum Gasteiger partial charge on any atom is 0.323 e. The number of benzene rings is 1. The van der Waals surface area contributed by atoms with E-state index in [4.69, 9.17) is 4.74 Å². The minimum absolute atomic E-state index is 0.0173. The zero-order chi connectivity index (χ0) is 16.7. The van der Waals surface area contributed by atoms with E-state index in [0.29, 0.717) is 18.5 Å². The average Bonchev–Trinajstić information content (AvgIpc) is 2.59. The van der Waals surface area contributed by atoms with Gasteiger partial charge in [-0.1, -0.05) is 18.2 Å². The molecule has 0 bridgehead atoms. The van der Waals surface area contributed by atoms with Crippen molar-refractivity contribution < 1.29 is 14.5 Å². The first-order chi connectivity index (χ1) is 11.1. The third-order valence-corrected chi connectivity index (χ3v) is 3.30. The van der Waals surface area contributed by atoms with Gasteiger partial charge in [0.1, 0.15) is 6.04 Å². The second-order valence-electron chi connectivity index (χ2n) is 4.91. The summed E-state index contributed by atoms with van der Waals surface area (Å²) in [4.78, 5) is 26.4. The molecule has 0 saturated heterocycles. The van der Waals surface area contributed by atoms with Gasteiger partial charge in [-0.05, 0) is 17.7 Å². The fraction of sp³-hybridized carbons (Fsp3) is 0.250. The molecule has 1 N–H and O–H groups in total. The summed E-state index contributed by atoms with van der Waals surface area (Å²) in [7, 11) is 1.32. The highest BCUT2D eigenvalue weighted by molar-refractivity contribution is 5.76. The summed E-state index contributed by atoms with van der Waals surface area (Å²) >= 11 is 0. The number of nitrogens with zero attached hydrogens (tertiary/aromatic N) is 2. The number of esters is 1. The fourth-order valence-electron chi connectivity index (χ4n) is 2.13. The number of hydrogen-bond donors (Lipinski definition) is 1. The van der Waals surface area contributed by atoms with Crippen LogP contribution in [-0.2, 0) is 22.5 Å². The molecule has 1 atom stereocenters. The molecular formula is C16H17N3O4. The summed E-state index contributed by atoms with van der Waals surface area (Å²) in [6, 6.07) is 11.2. The lowest BCUT2D eigenvalue weighted by Crippen LogP contribution is -2.39. The zero-order valence-electron chi connectivity index (χ0n) is 12.6. The maximum absolute atomic E-state index is 11.9. The molecule has 2 aromatic rings. The number of aromatic nitrogens is 1. The van der Waals surface area contributed by atoms with Gasteiger partial charge in [-0.3, -0.25) is 25.2 Å². The third-order valence-electron chi connectivity index (χ3n) is 3.30. The molecule has 1 heterocycles. The van der Waals surface area contributed by atoms with Crippen LogP contribution in [0.2, 0.25) is 0 Å². The molecule has 23 heavy (non-hydrogen) atoms. The number of carbonyl (C=O) groups is 1. The van der Waals surface area contributed by atoms with Gasteiger partial charge in [-0.25, -0.2) is 0 Å². The fourth-order valence-corrected chi connectivity index (χ4v) is 2.13. The smallest absolute Gasteiger partial charge is 0.323 e. The second-order valence-corrected chi connectivity index (χ2v) is 4.91. The van der Waals surface area contributed by atoms with Gasteiger partial charge in [0.2, 0.25) is 0 Å². The zero-order valence-corrected chi connectivity index (χ0v) is 12.6. The van der Waals surface area contributed by atoms with E-state index in [1.807, 2.05) is 12.1 Å². The molecule has 120 valence electrons. The first kappa shape index (κ1) is 16.6. The minimum atomic E-state index is -0.575. The Balaban J connectivity index is 2.05. The average molecular weight is 315 g/mol. The van der Waals surface area contributed by atoms with Crippen molar-refractivity contribution in [1.82, 2.24) is 10.3 Å². The Hall–Kier alpha value is -2.80. The van der Waals surface area contributed by atoms with Gasteiger partial charge in [0.05, 0.1) is 12.0 Å². The normalized spacial score (nSPS) is 11.7. The summed E-state index contributed by atoms with van der Waals surface area (Å²) in [6.07, 6.45) is 2.03. The van der Waals surface area contributed by atoms with Crippen LogP contribution in [0.1, 0.15) is 11.3 Å². The third kappa shape index (κ3) is 4.86. The van der Waals surface area contributed by atoms with Gasteiger partial charge < -0.3 is 4.74 Å². The van der Waals surface area contributed by atoms with E-state index in [1.165, 1.54) is 19.2 Å². The second kappa shape index (κ2) is 8.00. The predicted molar refractivity (Wildman–Crippen MR) is 83.7 cm³/mol. The largest absolute Gasteiger partial charge is 0.468 e. The van der Waals surface area contributed by atoms with Gasteiger partial charge in [0, 0.05) is 37.0 Å². The summed E-state index contributed by atoms with van der Waals surface area (Å²) in [5.74, 6) is -0.402. The summed E-state index contributed by atoms with van der Waals surface area (Å²) in [5.41, 5.74) is 1.49. The molecule has 0 saturated carbocycles. The SMILES string of the molecule is COC(=O)[C@@H](Cc1ccccn1)NCc1cccc([N+](=O)[O-])c1. The molecule has 1 aromatic carbocycles. The maximum atomic E-state index is 11.9. The van der Waals surface area contributed by atoms with Crippen LogP contribution in [-0.4, -0.2) is 29.0 Å².